The van der Waals surface area contributed by atoms with Crippen LogP contribution >= 0.6 is 12.4 Å². The first kappa shape index (κ1) is 18.9. The van der Waals surface area contributed by atoms with Gasteiger partial charge in [0.25, 0.3) is 0 Å². The van der Waals surface area contributed by atoms with Gasteiger partial charge in [-0.2, -0.15) is 4.98 Å². The lowest BCUT2D eigenvalue weighted by atomic mass is 9.96. The molecule has 1 aromatic heterocycles. The van der Waals surface area contributed by atoms with Crippen molar-refractivity contribution < 1.29 is 9.32 Å². The van der Waals surface area contributed by atoms with Crippen LogP contribution in [0.25, 0.3) is 0 Å². The zero-order chi connectivity index (χ0) is 14.6. The fourth-order valence-electron chi connectivity index (χ4n) is 1.54. The molecular weight excluding hydrogens is 280 g/mol. The summed E-state index contributed by atoms with van der Waals surface area (Å²) in [5.74, 6) is 0.841. The molecular formula is C13H25ClN4O2. The fraction of sp³-hybridized carbons (Fsp3) is 0.769. The largest absolute Gasteiger partial charge is 0.343 e. The van der Waals surface area contributed by atoms with Crippen LogP contribution in [0.3, 0.4) is 0 Å². The molecule has 20 heavy (non-hydrogen) atoms. The first-order valence-corrected chi connectivity index (χ1v) is 6.65. The van der Waals surface area contributed by atoms with Crippen molar-refractivity contribution in [3.05, 3.63) is 11.7 Å². The second kappa shape index (κ2) is 7.59. The minimum Gasteiger partial charge on any atom is -0.343 e. The van der Waals surface area contributed by atoms with E-state index in [2.05, 4.69) is 15.5 Å². The Morgan fingerprint density at radius 1 is 1.45 bits per heavy atom. The van der Waals surface area contributed by atoms with E-state index in [-0.39, 0.29) is 29.8 Å². The van der Waals surface area contributed by atoms with Crippen LogP contribution in [0.5, 0.6) is 0 Å². The monoisotopic (exact) mass is 304 g/mol. The maximum Gasteiger partial charge on any atom is 0.248 e. The first-order chi connectivity index (χ1) is 8.75. The third kappa shape index (κ3) is 5.09. The summed E-state index contributed by atoms with van der Waals surface area (Å²) in [5, 5.41) is 6.71. The molecule has 0 saturated heterocycles. The molecule has 0 bridgehead atoms. The van der Waals surface area contributed by atoms with Crippen molar-refractivity contribution in [2.45, 2.75) is 65.0 Å². The van der Waals surface area contributed by atoms with Crippen LogP contribution in [0.1, 0.15) is 65.2 Å². The Balaban J connectivity index is 0.00000361. The minimum absolute atomic E-state index is 0. The SMILES string of the molecule is CCCC(N)C(=O)NC(C)c1nc(C(C)(C)C)no1.Cl. The Morgan fingerprint density at radius 3 is 2.50 bits per heavy atom. The topological polar surface area (TPSA) is 94.0 Å². The van der Waals surface area contributed by atoms with E-state index in [0.717, 1.165) is 6.42 Å². The number of nitrogens with two attached hydrogens (primary N) is 1. The van der Waals surface area contributed by atoms with Gasteiger partial charge in [-0.3, -0.25) is 4.79 Å². The number of hydrogen-bond donors (Lipinski definition) is 2. The van der Waals surface area contributed by atoms with E-state index in [1.54, 1.807) is 6.92 Å². The number of nitrogens with one attached hydrogen (secondary N) is 1. The summed E-state index contributed by atoms with van der Waals surface area (Å²) in [6.07, 6.45) is 1.54. The molecule has 0 aromatic carbocycles. The van der Waals surface area contributed by atoms with Gasteiger partial charge < -0.3 is 15.6 Å². The van der Waals surface area contributed by atoms with Crippen LogP contribution in [-0.2, 0) is 10.2 Å². The average molecular weight is 305 g/mol. The van der Waals surface area contributed by atoms with Gasteiger partial charge in [-0.1, -0.05) is 39.3 Å². The van der Waals surface area contributed by atoms with E-state index >= 15 is 0 Å². The smallest absolute Gasteiger partial charge is 0.248 e. The zero-order valence-electron chi connectivity index (χ0n) is 12.8. The van der Waals surface area contributed by atoms with Crippen molar-refractivity contribution in [1.29, 1.82) is 0 Å². The van der Waals surface area contributed by atoms with Crippen LogP contribution in [-0.4, -0.2) is 22.1 Å². The highest BCUT2D eigenvalue weighted by Crippen LogP contribution is 2.20. The third-order valence-corrected chi connectivity index (χ3v) is 2.78. The van der Waals surface area contributed by atoms with E-state index in [1.165, 1.54) is 0 Å². The quantitative estimate of drug-likeness (QED) is 0.868. The number of rotatable bonds is 5. The summed E-state index contributed by atoms with van der Waals surface area (Å²) in [5.41, 5.74) is 5.57. The van der Waals surface area contributed by atoms with E-state index in [0.29, 0.717) is 18.1 Å². The van der Waals surface area contributed by atoms with Gasteiger partial charge in [-0.25, -0.2) is 0 Å². The molecule has 3 N–H and O–H groups in total. The summed E-state index contributed by atoms with van der Waals surface area (Å²) in [6, 6.07) is -0.823. The van der Waals surface area contributed by atoms with Crippen molar-refractivity contribution in [3.8, 4) is 0 Å². The van der Waals surface area contributed by atoms with Crippen molar-refractivity contribution in [2.75, 3.05) is 0 Å². The summed E-state index contributed by atoms with van der Waals surface area (Å²) in [7, 11) is 0. The highest BCUT2D eigenvalue weighted by molar-refractivity contribution is 5.85. The standard InChI is InChI=1S/C13H24N4O2.ClH/c1-6-7-9(14)10(18)15-8(2)11-16-12(17-19-11)13(3,4)5;/h8-9H,6-7,14H2,1-5H3,(H,15,18);1H. The van der Waals surface area contributed by atoms with Gasteiger partial charge in [-0.15, -0.1) is 12.4 Å². The number of amides is 1. The molecule has 0 aliphatic heterocycles. The molecule has 0 spiro atoms. The first-order valence-electron chi connectivity index (χ1n) is 6.65. The minimum atomic E-state index is -0.488. The molecule has 2 atom stereocenters. The van der Waals surface area contributed by atoms with Crippen molar-refractivity contribution in [1.82, 2.24) is 15.5 Å². The molecule has 2 unspecified atom stereocenters. The number of hydrogen-bond acceptors (Lipinski definition) is 5. The van der Waals surface area contributed by atoms with Crippen LogP contribution < -0.4 is 11.1 Å². The lowest BCUT2D eigenvalue weighted by Gasteiger charge is -2.14. The Morgan fingerprint density at radius 2 is 2.05 bits per heavy atom. The molecule has 6 nitrogen and oxygen atoms in total. The van der Waals surface area contributed by atoms with Gasteiger partial charge in [-0.05, 0) is 13.3 Å². The van der Waals surface area contributed by atoms with Gasteiger partial charge in [0.2, 0.25) is 11.8 Å². The molecule has 1 rings (SSSR count). The Kier molecular flexibility index (Phi) is 7.16. The van der Waals surface area contributed by atoms with E-state index in [1.807, 2.05) is 27.7 Å². The molecule has 1 aromatic rings. The maximum absolute atomic E-state index is 11.8. The second-order valence-corrected chi connectivity index (χ2v) is 5.83. The highest BCUT2D eigenvalue weighted by Gasteiger charge is 2.24. The number of halogens is 1. The maximum atomic E-state index is 11.8. The highest BCUT2D eigenvalue weighted by atomic mass is 35.5. The Hall–Kier alpha value is -1.14. The van der Waals surface area contributed by atoms with Crippen LogP contribution in [0, 0.1) is 0 Å². The normalized spacial score (nSPS) is 14.3. The van der Waals surface area contributed by atoms with Gasteiger partial charge in [0.05, 0.1) is 6.04 Å². The molecule has 0 saturated carbocycles. The van der Waals surface area contributed by atoms with Crippen LogP contribution in [0.15, 0.2) is 4.52 Å². The van der Waals surface area contributed by atoms with E-state index in [4.69, 9.17) is 10.3 Å². The summed E-state index contributed by atoms with van der Waals surface area (Å²) in [4.78, 5) is 16.1. The fourth-order valence-corrected chi connectivity index (χ4v) is 1.54. The van der Waals surface area contributed by atoms with E-state index in [9.17, 15) is 4.79 Å². The molecule has 0 fully saturated rings. The number of carbonyl (C=O) groups excluding carboxylic acids is 1. The zero-order valence-corrected chi connectivity index (χ0v) is 13.6. The molecule has 116 valence electrons. The van der Waals surface area contributed by atoms with Crippen molar-refractivity contribution in [3.63, 3.8) is 0 Å². The molecule has 1 heterocycles. The summed E-state index contributed by atoms with van der Waals surface area (Å²) >= 11 is 0. The van der Waals surface area contributed by atoms with E-state index < -0.39 is 6.04 Å². The Labute approximate surface area is 126 Å². The van der Waals surface area contributed by atoms with Crippen LogP contribution in [0.4, 0.5) is 0 Å². The molecule has 7 heteroatoms. The predicted molar refractivity (Wildman–Crippen MR) is 79.7 cm³/mol. The van der Waals surface area contributed by atoms with Gasteiger partial charge in [0, 0.05) is 5.41 Å². The van der Waals surface area contributed by atoms with Crippen molar-refractivity contribution in [2.24, 2.45) is 5.73 Å². The lowest BCUT2D eigenvalue weighted by Crippen LogP contribution is -2.41. The Bertz CT molecular complexity index is 428. The number of aromatic nitrogens is 2. The predicted octanol–water partition coefficient (Wildman–Crippen LogP) is 2.09. The molecule has 0 radical (unpaired) electrons. The molecule has 0 aliphatic carbocycles. The third-order valence-electron chi connectivity index (χ3n) is 2.78. The van der Waals surface area contributed by atoms with Crippen molar-refractivity contribution >= 4 is 18.3 Å². The number of nitrogens with zero attached hydrogens (tertiary/aromatic N) is 2. The number of carbonyl (C=O) groups is 1. The van der Waals surface area contributed by atoms with Gasteiger partial charge in [0.1, 0.15) is 6.04 Å². The van der Waals surface area contributed by atoms with Gasteiger partial charge in [0.15, 0.2) is 5.82 Å². The lowest BCUT2D eigenvalue weighted by molar-refractivity contribution is -0.123. The van der Waals surface area contributed by atoms with Crippen LogP contribution in [0.2, 0.25) is 0 Å². The average Bonchev–Trinajstić information content (AvgIpc) is 2.78. The van der Waals surface area contributed by atoms with Gasteiger partial charge >= 0.3 is 0 Å². The molecule has 1 amide bonds. The molecule has 0 aliphatic rings. The second-order valence-electron chi connectivity index (χ2n) is 5.83. The summed E-state index contributed by atoms with van der Waals surface area (Å²) in [6.45, 7) is 9.80. The summed E-state index contributed by atoms with van der Waals surface area (Å²) < 4.78 is 5.18.